The van der Waals surface area contributed by atoms with Gasteiger partial charge in [0.15, 0.2) is 0 Å². The van der Waals surface area contributed by atoms with Crippen molar-refractivity contribution >= 4 is 25.7 Å². The van der Waals surface area contributed by atoms with Crippen molar-refractivity contribution in [2.24, 2.45) is 11.3 Å². The second kappa shape index (κ2) is 3.94. The maximum absolute atomic E-state index is 11.3. The minimum Gasteiger partial charge on any atom is -0.465 e. The number of rotatable bonds is 3. The van der Waals surface area contributed by atoms with Gasteiger partial charge in [0.25, 0.3) is 0 Å². The third-order valence-corrected chi connectivity index (χ3v) is 4.25. The predicted octanol–water partition coefficient (Wildman–Crippen LogP) is 1.53. The average molecular weight is 255 g/mol. The quantitative estimate of drug-likeness (QED) is 0.566. The van der Waals surface area contributed by atoms with Crippen molar-refractivity contribution in [1.82, 2.24) is 0 Å². The first-order valence-electron chi connectivity index (χ1n) is 4.73. The van der Waals surface area contributed by atoms with Crippen LogP contribution >= 0.6 is 10.7 Å². The van der Waals surface area contributed by atoms with Gasteiger partial charge in [0.2, 0.25) is 9.05 Å². The first kappa shape index (κ1) is 12.8. The van der Waals surface area contributed by atoms with E-state index in [2.05, 4.69) is 0 Å². The number of hydrogen-bond acceptors (Lipinski definition) is 4. The summed E-state index contributed by atoms with van der Waals surface area (Å²) in [6, 6.07) is 0. The van der Waals surface area contributed by atoms with E-state index < -0.39 is 19.7 Å². The molecule has 0 amide bonds. The molecule has 4 nitrogen and oxygen atoms in total. The van der Waals surface area contributed by atoms with Crippen LogP contribution < -0.4 is 0 Å². The molecule has 2 unspecified atom stereocenters. The summed E-state index contributed by atoms with van der Waals surface area (Å²) in [6.45, 7) is 5.39. The van der Waals surface area contributed by atoms with Crippen molar-refractivity contribution < 1.29 is 17.9 Å². The van der Waals surface area contributed by atoms with Gasteiger partial charge in [-0.1, -0.05) is 0 Å². The summed E-state index contributed by atoms with van der Waals surface area (Å²) in [5.74, 6) is -0.445. The second-order valence-corrected chi connectivity index (χ2v) is 7.71. The average Bonchev–Trinajstić information content (AvgIpc) is 2.75. The molecule has 0 bridgehead atoms. The molecule has 0 aromatic heterocycles. The van der Waals surface area contributed by atoms with Gasteiger partial charge in [0, 0.05) is 16.6 Å². The summed E-state index contributed by atoms with van der Waals surface area (Å²) in [5.41, 5.74) is -0.551. The van der Waals surface area contributed by atoms with E-state index >= 15 is 0 Å². The highest BCUT2D eigenvalue weighted by molar-refractivity contribution is 8.14. The Labute approximate surface area is 94.4 Å². The van der Waals surface area contributed by atoms with Crippen molar-refractivity contribution in [3.8, 4) is 0 Å². The molecular weight excluding hydrogens is 240 g/mol. The van der Waals surface area contributed by atoms with Crippen molar-refractivity contribution in [2.45, 2.75) is 32.4 Å². The topological polar surface area (TPSA) is 60.4 Å². The number of hydrogen-bond donors (Lipinski definition) is 0. The van der Waals surface area contributed by atoms with Gasteiger partial charge >= 0.3 is 5.97 Å². The highest BCUT2D eigenvalue weighted by Gasteiger charge is 2.47. The fourth-order valence-electron chi connectivity index (χ4n) is 1.14. The SMILES string of the molecule is CC(C)(C)C(=O)OCC1CC1S(=O)(=O)Cl. The smallest absolute Gasteiger partial charge is 0.311 e. The number of halogens is 1. The van der Waals surface area contributed by atoms with E-state index in [1.807, 2.05) is 0 Å². The molecule has 2 atom stereocenters. The third kappa shape index (κ3) is 3.65. The monoisotopic (exact) mass is 254 g/mol. The molecular formula is C9H15ClO4S. The van der Waals surface area contributed by atoms with Crippen molar-refractivity contribution in [2.75, 3.05) is 6.61 Å². The van der Waals surface area contributed by atoms with E-state index in [1.165, 1.54) is 0 Å². The summed E-state index contributed by atoms with van der Waals surface area (Å²) in [6.07, 6.45) is 0.489. The molecule has 0 aliphatic heterocycles. The lowest BCUT2D eigenvalue weighted by atomic mass is 9.97. The van der Waals surface area contributed by atoms with E-state index in [1.54, 1.807) is 20.8 Å². The van der Waals surface area contributed by atoms with Crippen LogP contribution in [0.1, 0.15) is 27.2 Å². The number of carbonyl (C=O) groups is 1. The number of carbonyl (C=O) groups excluding carboxylic acids is 1. The Morgan fingerprint density at radius 1 is 1.47 bits per heavy atom. The van der Waals surface area contributed by atoms with Gasteiger partial charge in [-0.15, -0.1) is 0 Å². The molecule has 1 saturated carbocycles. The summed E-state index contributed by atoms with van der Waals surface area (Å²) in [7, 11) is 1.68. The highest BCUT2D eigenvalue weighted by atomic mass is 35.7. The molecule has 1 rings (SSSR count). The molecule has 0 saturated heterocycles. The molecule has 0 heterocycles. The van der Waals surface area contributed by atoms with Gasteiger partial charge in [-0.2, -0.15) is 0 Å². The summed E-state index contributed by atoms with van der Waals surface area (Å²) < 4.78 is 26.7. The Morgan fingerprint density at radius 3 is 2.33 bits per heavy atom. The van der Waals surface area contributed by atoms with E-state index in [-0.39, 0.29) is 18.5 Å². The van der Waals surface area contributed by atoms with Crippen molar-refractivity contribution in [3.63, 3.8) is 0 Å². The first-order valence-corrected chi connectivity index (χ1v) is 7.10. The molecule has 15 heavy (non-hydrogen) atoms. The van der Waals surface area contributed by atoms with Crippen LogP contribution in [0.5, 0.6) is 0 Å². The van der Waals surface area contributed by atoms with Gasteiger partial charge in [0.1, 0.15) is 0 Å². The standard InChI is InChI=1S/C9H15ClO4S/c1-9(2,3)8(11)14-5-6-4-7(6)15(10,12)13/h6-7H,4-5H2,1-3H3. The van der Waals surface area contributed by atoms with Crippen LogP contribution in [0.15, 0.2) is 0 Å². The molecule has 1 aliphatic rings. The van der Waals surface area contributed by atoms with E-state index in [0.29, 0.717) is 6.42 Å². The van der Waals surface area contributed by atoms with E-state index in [0.717, 1.165) is 0 Å². The minimum absolute atomic E-state index is 0.126. The Kier molecular flexibility index (Phi) is 3.36. The molecule has 0 aromatic carbocycles. The van der Waals surface area contributed by atoms with E-state index in [4.69, 9.17) is 15.4 Å². The zero-order chi connectivity index (χ0) is 11.9. The fraction of sp³-hybridized carbons (Fsp3) is 0.889. The Bertz CT molecular complexity index is 355. The first-order chi connectivity index (χ1) is 6.62. The van der Waals surface area contributed by atoms with Gasteiger partial charge in [-0.25, -0.2) is 8.42 Å². The Morgan fingerprint density at radius 2 is 2.00 bits per heavy atom. The summed E-state index contributed by atoms with van der Waals surface area (Å²) >= 11 is 0. The molecule has 1 aliphatic carbocycles. The largest absolute Gasteiger partial charge is 0.465 e. The maximum Gasteiger partial charge on any atom is 0.311 e. The second-order valence-electron chi connectivity index (χ2n) is 4.86. The number of ether oxygens (including phenoxy) is 1. The summed E-state index contributed by atoms with van der Waals surface area (Å²) in [4.78, 5) is 11.3. The van der Waals surface area contributed by atoms with Gasteiger partial charge in [-0.3, -0.25) is 4.79 Å². The predicted molar refractivity (Wildman–Crippen MR) is 57.1 cm³/mol. The van der Waals surface area contributed by atoms with E-state index in [9.17, 15) is 13.2 Å². The Balaban J connectivity index is 2.34. The van der Waals surface area contributed by atoms with Crippen LogP contribution in [0.25, 0.3) is 0 Å². The lowest BCUT2D eigenvalue weighted by Gasteiger charge is -2.16. The molecule has 0 aromatic rings. The normalized spacial score (nSPS) is 26.1. The van der Waals surface area contributed by atoms with Gasteiger partial charge in [0.05, 0.1) is 17.3 Å². The zero-order valence-electron chi connectivity index (χ0n) is 8.99. The Hall–Kier alpha value is -0.290. The lowest BCUT2D eigenvalue weighted by molar-refractivity contribution is -0.153. The summed E-state index contributed by atoms with van der Waals surface area (Å²) in [5, 5.41) is -0.535. The molecule has 1 fully saturated rings. The van der Waals surface area contributed by atoms with Crippen LogP contribution in [-0.2, 0) is 18.6 Å². The lowest BCUT2D eigenvalue weighted by Crippen LogP contribution is -2.24. The van der Waals surface area contributed by atoms with Crippen LogP contribution in [0.3, 0.4) is 0 Å². The molecule has 88 valence electrons. The van der Waals surface area contributed by atoms with Crippen LogP contribution in [-0.4, -0.2) is 26.2 Å². The third-order valence-electron chi connectivity index (χ3n) is 2.26. The van der Waals surface area contributed by atoms with Crippen LogP contribution in [0, 0.1) is 11.3 Å². The van der Waals surface area contributed by atoms with Crippen molar-refractivity contribution in [3.05, 3.63) is 0 Å². The zero-order valence-corrected chi connectivity index (χ0v) is 10.6. The van der Waals surface area contributed by atoms with Crippen LogP contribution in [0.4, 0.5) is 0 Å². The maximum atomic E-state index is 11.3. The minimum atomic E-state index is -3.48. The molecule has 0 radical (unpaired) electrons. The molecule has 6 heteroatoms. The van der Waals surface area contributed by atoms with Gasteiger partial charge < -0.3 is 4.74 Å². The van der Waals surface area contributed by atoms with Crippen LogP contribution in [0.2, 0.25) is 0 Å². The van der Waals surface area contributed by atoms with Gasteiger partial charge in [-0.05, 0) is 27.2 Å². The molecule has 0 N–H and O–H groups in total. The number of esters is 1. The molecule has 0 spiro atoms. The fourth-order valence-corrected chi connectivity index (χ4v) is 2.81. The van der Waals surface area contributed by atoms with Crippen molar-refractivity contribution in [1.29, 1.82) is 0 Å². The highest BCUT2D eigenvalue weighted by Crippen LogP contribution is 2.39.